The molecule has 0 fully saturated rings. The highest BCUT2D eigenvalue weighted by Crippen LogP contribution is 2.11. The lowest BCUT2D eigenvalue weighted by atomic mass is 10.2. The molecule has 0 amide bonds. The number of hydrogen-bond donors (Lipinski definition) is 4. The first-order valence-electron chi connectivity index (χ1n) is 5.04. The highest BCUT2D eigenvalue weighted by atomic mass is 32.2. The number of rotatable bonds is 5. The molecule has 1 rings (SSSR count). The molecule has 94 valence electrons. The van der Waals surface area contributed by atoms with Gasteiger partial charge in [-0.3, -0.25) is 10.1 Å². The maximum absolute atomic E-state index is 11.6. The molecule has 0 bridgehead atoms. The van der Waals surface area contributed by atoms with Crippen LogP contribution in [-0.4, -0.2) is 20.3 Å². The van der Waals surface area contributed by atoms with Gasteiger partial charge in [-0.15, -0.1) is 0 Å². The second-order valence-corrected chi connectivity index (χ2v) is 5.32. The van der Waals surface area contributed by atoms with Crippen molar-refractivity contribution in [1.29, 1.82) is 5.41 Å². The standard InChI is InChI=1S/C10H16N4O2S/c1-7(2)13-17(15,16)14-9-5-3-4-8(6-9)10(11)12/h3-7,13-14H,1-2H3,(H3,11,12). The quantitative estimate of drug-likeness (QED) is 0.458. The lowest BCUT2D eigenvalue weighted by Crippen LogP contribution is -2.35. The van der Waals surface area contributed by atoms with Crippen molar-refractivity contribution >= 4 is 21.7 Å². The fraction of sp³-hybridized carbons (Fsp3) is 0.300. The highest BCUT2D eigenvalue weighted by Gasteiger charge is 2.11. The zero-order chi connectivity index (χ0) is 13.1. The second-order valence-electron chi connectivity index (χ2n) is 3.87. The molecule has 0 atom stereocenters. The largest absolute Gasteiger partial charge is 0.384 e. The van der Waals surface area contributed by atoms with Gasteiger partial charge < -0.3 is 5.73 Å². The van der Waals surface area contributed by atoms with Crippen LogP contribution in [-0.2, 0) is 10.2 Å². The average molecular weight is 256 g/mol. The molecular weight excluding hydrogens is 240 g/mol. The summed E-state index contributed by atoms with van der Waals surface area (Å²) in [7, 11) is -3.59. The SMILES string of the molecule is CC(C)NS(=O)(=O)Nc1cccc(C(=N)N)c1. The van der Waals surface area contributed by atoms with Gasteiger partial charge in [-0.2, -0.15) is 13.1 Å². The molecule has 0 aliphatic rings. The molecule has 6 nitrogen and oxygen atoms in total. The molecule has 0 radical (unpaired) electrons. The minimum absolute atomic E-state index is 0.108. The molecule has 5 N–H and O–H groups in total. The van der Waals surface area contributed by atoms with Gasteiger partial charge in [0.25, 0.3) is 10.2 Å². The average Bonchev–Trinajstić information content (AvgIpc) is 2.14. The Hall–Kier alpha value is -1.60. The van der Waals surface area contributed by atoms with Crippen LogP contribution in [0.1, 0.15) is 19.4 Å². The van der Waals surface area contributed by atoms with Crippen molar-refractivity contribution in [2.75, 3.05) is 4.72 Å². The Labute approximate surface area is 101 Å². The van der Waals surface area contributed by atoms with E-state index in [0.29, 0.717) is 11.3 Å². The molecular formula is C10H16N4O2S. The number of benzene rings is 1. The number of nitrogens with two attached hydrogens (primary N) is 1. The van der Waals surface area contributed by atoms with Crippen LogP contribution in [0, 0.1) is 5.41 Å². The molecule has 0 spiro atoms. The molecule has 0 aromatic heterocycles. The molecule has 1 aromatic rings. The summed E-state index contributed by atoms with van der Waals surface area (Å²) in [6.45, 7) is 3.45. The van der Waals surface area contributed by atoms with Gasteiger partial charge in [0.15, 0.2) is 0 Å². The van der Waals surface area contributed by atoms with Crippen LogP contribution in [0.3, 0.4) is 0 Å². The Morgan fingerprint density at radius 1 is 1.41 bits per heavy atom. The maximum atomic E-state index is 11.6. The van der Waals surface area contributed by atoms with Gasteiger partial charge in [0, 0.05) is 11.6 Å². The normalized spacial score (nSPS) is 11.5. The van der Waals surface area contributed by atoms with Crippen molar-refractivity contribution in [1.82, 2.24) is 4.72 Å². The zero-order valence-electron chi connectivity index (χ0n) is 9.69. The topological polar surface area (TPSA) is 108 Å². The van der Waals surface area contributed by atoms with Gasteiger partial charge in [-0.1, -0.05) is 12.1 Å². The van der Waals surface area contributed by atoms with Crippen LogP contribution in [0.2, 0.25) is 0 Å². The van der Waals surface area contributed by atoms with Gasteiger partial charge in [0.1, 0.15) is 5.84 Å². The smallest absolute Gasteiger partial charge is 0.299 e. The molecule has 17 heavy (non-hydrogen) atoms. The zero-order valence-corrected chi connectivity index (χ0v) is 10.5. The summed E-state index contributed by atoms with van der Waals surface area (Å²) in [5, 5.41) is 7.26. The number of anilines is 1. The Kier molecular flexibility index (Phi) is 4.08. The van der Waals surface area contributed by atoms with E-state index in [-0.39, 0.29) is 11.9 Å². The van der Waals surface area contributed by atoms with Crippen LogP contribution in [0.15, 0.2) is 24.3 Å². The second kappa shape index (κ2) is 5.15. The summed E-state index contributed by atoms with van der Waals surface area (Å²) in [5.41, 5.74) is 6.15. The summed E-state index contributed by atoms with van der Waals surface area (Å²) in [6, 6.07) is 6.16. The third kappa shape index (κ3) is 4.41. The van der Waals surface area contributed by atoms with E-state index in [0.717, 1.165) is 0 Å². The summed E-state index contributed by atoms with van der Waals surface area (Å²) in [5.74, 6) is -0.108. The molecule has 7 heteroatoms. The Bertz CT molecular complexity index is 511. The monoisotopic (exact) mass is 256 g/mol. The fourth-order valence-corrected chi connectivity index (χ4v) is 2.36. The van der Waals surface area contributed by atoms with E-state index in [1.165, 1.54) is 6.07 Å². The number of amidine groups is 1. The summed E-state index contributed by atoms with van der Waals surface area (Å²) >= 11 is 0. The van der Waals surface area contributed by atoms with Crippen LogP contribution in [0.25, 0.3) is 0 Å². The van der Waals surface area contributed by atoms with Gasteiger partial charge in [0.2, 0.25) is 0 Å². The van der Waals surface area contributed by atoms with Crippen LogP contribution in [0.5, 0.6) is 0 Å². The van der Waals surface area contributed by atoms with Crippen LogP contribution in [0.4, 0.5) is 5.69 Å². The number of nitrogens with one attached hydrogen (secondary N) is 3. The maximum Gasteiger partial charge on any atom is 0.299 e. The van der Waals surface area contributed by atoms with E-state index >= 15 is 0 Å². The van der Waals surface area contributed by atoms with E-state index in [9.17, 15) is 8.42 Å². The minimum atomic E-state index is -3.59. The van der Waals surface area contributed by atoms with Crippen molar-refractivity contribution in [3.63, 3.8) is 0 Å². The molecule has 0 saturated carbocycles. The van der Waals surface area contributed by atoms with Gasteiger partial charge >= 0.3 is 0 Å². The van der Waals surface area contributed by atoms with Crippen molar-refractivity contribution in [3.8, 4) is 0 Å². The van der Waals surface area contributed by atoms with E-state index in [4.69, 9.17) is 11.1 Å². The van der Waals surface area contributed by atoms with E-state index in [1.807, 2.05) is 0 Å². The highest BCUT2D eigenvalue weighted by molar-refractivity contribution is 7.90. The van der Waals surface area contributed by atoms with Crippen LogP contribution >= 0.6 is 0 Å². The van der Waals surface area contributed by atoms with Crippen molar-refractivity contribution in [2.24, 2.45) is 5.73 Å². The lowest BCUT2D eigenvalue weighted by Gasteiger charge is -2.12. The third-order valence-corrected chi connectivity index (χ3v) is 3.10. The number of nitrogen functional groups attached to an aromatic ring is 1. The molecule has 1 aromatic carbocycles. The minimum Gasteiger partial charge on any atom is -0.384 e. The first-order valence-corrected chi connectivity index (χ1v) is 6.53. The van der Waals surface area contributed by atoms with Crippen molar-refractivity contribution in [2.45, 2.75) is 19.9 Å². The van der Waals surface area contributed by atoms with Crippen LogP contribution < -0.4 is 15.2 Å². The predicted molar refractivity (Wildman–Crippen MR) is 68.3 cm³/mol. The lowest BCUT2D eigenvalue weighted by molar-refractivity contribution is 0.575. The summed E-state index contributed by atoms with van der Waals surface area (Å²) in [6.07, 6.45) is 0. The van der Waals surface area contributed by atoms with E-state index in [1.54, 1.807) is 32.0 Å². The molecule has 0 aliphatic heterocycles. The third-order valence-electron chi connectivity index (χ3n) is 1.82. The molecule has 0 saturated heterocycles. The first kappa shape index (κ1) is 13.5. The Morgan fingerprint density at radius 2 is 2.06 bits per heavy atom. The Balaban J connectivity index is 2.89. The molecule has 0 aliphatic carbocycles. The summed E-state index contributed by atoms with van der Waals surface area (Å²) < 4.78 is 27.9. The first-order chi connectivity index (χ1) is 7.80. The predicted octanol–water partition coefficient (Wildman–Crippen LogP) is 0.625. The van der Waals surface area contributed by atoms with Gasteiger partial charge in [-0.05, 0) is 26.0 Å². The number of hydrogen-bond acceptors (Lipinski definition) is 3. The van der Waals surface area contributed by atoms with E-state index < -0.39 is 10.2 Å². The van der Waals surface area contributed by atoms with Crippen molar-refractivity contribution < 1.29 is 8.42 Å². The molecule has 0 unspecified atom stereocenters. The fourth-order valence-electron chi connectivity index (χ4n) is 1.25. The van der Waals surface area contributed by atoms with Crippen molar-refractivity contribution in [3.05, 3.63) is 29.8 Å². The van der Waals surface area contributed by atoms with Gasteiger partial charge in [-0.25, -0.2) is 0 Å². The summed E-state index contributed by atoms with van der Waals surface area (Å²) in [4.78, 5) is 0. The van der Waals surface area contributed by atoms with Gasteiger partial charge in [0.05, 0.1) is 5.69 Å². The molecule has 0 heterocycles. The van der Waals surface area contributed by atoms with E-state index in [2.05, 4.69) is 9.44 Å². The Morgan fingerprint density at radius 3 is 2.59 bits per heavy atom.